The van der Waals surface area contributed by atoms with Crippen LogP contribution < -0.4 is 0 Å². The highest BCUT2D eigenvalue weighted by Crippen LogP contribution is 2.25. The van der Waals surface area contributed by atoms with Crippen molar-refractivity contribution in [2.45, 2.75) is 44.9 Å². The molecule has 2 atom stereocenters. The number of likely N-dealkylation sites (tertiary alicyclic amines) is 1. The Morgan fingerprint density at radius 1 is 1.23 bits per heavy atom. The first kappa shape index (κ1) is 15.0. The van der Waals surface area contributed by atoms with Crippen LogP contribution in [0, 0.1) is 0 Å². The van der Waals surface area contributed by atoms with Crippen LogP contribution in [0.4, 0.5) is 0 Å². The average Bonchev–Trinajstić information content (AvgIpc) is 2.52. The van der Waals surface area contributed by atoms with Crippen molar-refractivity contribution in [1.29, 1.82) is 0 Å². The number of aliphatic hydroxyl groups excluding tert-OH is 1. The lowest BCUT2D eigenvalue weighted by molar-refractivity contribution is -0.148. The predicted octanol–water partition coefficient (Wildman–Crippen LogP) is 0.943. The zero-order valence-electron chi connectivity index (χ0n) is 12.9. The number of carbonyl (C=O) groups is 2. The lowest BCUT2D eigenvalue weighted by Crippen LogP contribution is -2.55. The fourth-order valence-electron chi connectivity index (χ4n) is 3.44. The van der Waals surface area contributed by atoms with Crippen LogP contribution in [-0.4, -0.2) is 52.0 Å². The summed E-state index contributed by atoms with van der Waals surface area (Å²) in [4.78, 5) is 28.2. The number of hydrogen-bond acceptors (Lipinski definition) is 3. The van der Waals surface area contributed by atoms with Gasteiger partial charge in [0.05, 0.1) is 6.10 Å². The Morgan fingerprint density at radius 2 is 1.95 bits per heavy atom. The molecule has 5 nitrogen and oxygen atoms in total. The molecule has 0 aliphatic carbocycles. The second-order valence-electron chi connectivity index (χ2n) is 6.22. The molecule has 1 saturated heterocycles. The van der Waals surface area contributed by atoms with Crippen LogP contribution in [0.2, 0.25) is 0 Å². The molecule has 2 aliphatic heterocycles. The molecule has 0 bridgehead atoms. The van der Waals surface area contributed by atoms with E-state index in [2.05, 4.69) is 0 Å². The maximum atomic E-state index is 12.8. The maximum absolute atomic E-state index is 12.8. The Hall–Kier alpha value is -1.88. The van der Waals surface area contributed by atoms with Crippen molar-refractivity contribution >= 4 is 11.8 Å². The molecule has 118 valence electrons. The first-order chi connectivity index (χ1) is 10.6. The van der Waals surface area contributed by atoms with E-state index in [1.807, 2.05) is 24.3 Å². The van der Waals surface area contributed by atoms with E-state index < -0.39 is 12.1 Å². The van der Waals surface area contributed by atoms with E-state index in [0.29, 0.717) is 26.1 Å². The normalized spacial score (nSPS) is 24.8. The van der Waals surface area contributed by atoms with Crippen LogP contribution >= 0.6 is 0 Å². The number of amides is 2. The Labute approximate surface area is 130 Å². The molecular formula is C17H22N2O3. The summed E-state index contributed by atoms with van der Waals surface area (Å²) in [6.45, 7) is 3.04. The molecule has 3 rings (SSSR count). The summed E-state index contributed by atoms with van der Waals surface area (Å²) in [6, 6.07) is 7.52. The van der Waals surface area contributed by atoms with E-state index in [0.717, 1.165) is 24.0 Å². The summed E-state index contributed by atoms with van der Waals surface area (Å²) >= 11 is 0. The summed E-state index contributed by atoms with van der Waals surface area (Å²) < 4.78 is 0. The van der Waals surface area contributed by atoms with Crippen molar-refractivity contribution in [2.75, 3.05) is 13.1 Å². The maximum Gasteiger partial charge on any atom is 0.245 e. The van der Waals surface area contributed by atoms with E-state index in [4.69, 9.17) is 0 Å². The van der Waals surface area contributed by atoms with Crippen molar-refractivity contribution in [2.24, 2.45) is 0 Å². The van der Waals surface area contributed by atoms with Crippen molar-refractivity contribution < 1.29 is 14.7 Å². The molecular weight excluding hydrogens is 280 g/mol. The van der Waals surface area contributed by atoms with Crippen LogP contribution in [0.15, 0.2) is 24.3 Å². The lowest BCUT2D eigenvalue weighted by Gasteiger charge is -2.40. The van der Waals surface area contributed by atoms with Gasteiger partial charge < -0.3 is 14.9 Å². The Morgan fingerprint density at radius 3 is 2.64 bits per heavy atom. The third-order valence-electron chi connectivity index (χ3n) is 4.65. The summed E-state index contributed by atoms with van der Waals surface area (Å²) in [5.74, 6) is -0.117. The first-order valence-electron chi connectivity index (χ1n) is 7.87. The van der Waals surface area contributed by atoms with Gasteiger partial charge >= 0.3 is 0 Å². The van der Waals surface area contributed by atoms with Crippen LogP contribution in [0.3, 0.4) is 0 Å². The largest absolute Gasteiger partial charge is 0.391 e. The number of piperidine rings is 1. The molecule has 2 aliphatic rings. The second kappa shape index (κ2) is 6.08. The lowest BCUT2D eigenvalue weighted by atomic mass is 9.92. The number of benzene rings is 1. The van der Waals surface area contributed by atoms with E-state index in [-0.39, 0.29) is 11.8 Å². The molecule has 1 aromatic rings. The van der Waals surface area contributed by atoms with Crippen LogP contribution in [0.5, 0.6) is 0 Å². The van der Waals surface area contributed by atoms with Gasteiger partial charge in [-0.1, -0.05) is 24.3 Å². The number of rotatable bonds is 1. The number of nitrogens with zero attached hydrogens (tertiary/aromatic N) is 2. The van der Waals surface area contributed by atoms with Gasteiger partial charge in [0.1, 0.15) is 6.04 Å². The second-order valence-corrected chi connectivity index (χ2v) is 6.22. The number of carbonyl (C=O) groups excluding carboxylic acids is 2. The Bertz CT molecular complexity index is 587. The smallest absolute Gasteiger partial charge is 0.245 e. The average molecular weight is 302 g/mol. The Balaban J connectivity index is 1.84. The topological polar surface area (TPSA) is 60.9 Å². The van der Waals surface area contributed by atoms with Gasteiger partial charge in [-0.15, -0.1) is 0 Å². The zero-order valence-corrected chi connectivity index (χ0v) is 12.9. The summed E-state index contributed by atoms with van der Waals surface area (Å²) in [5, 5.41) is 9.79. The highest BCUT2D eigenvalue weighted by Gasteiger charge is 2.36. The highest BCUT2D eigenvalue weighted by molar-refractivity contribution is 5.88. The summed E-state index contributed by atoms with van der Waals surface area (Å²) in [5.41, 5.74) is 2.25. The fraction of sp³-hybridized carbons (Fsp3) is 0.529. The van der Waals surface area contributed by atoms with Gasteiger partial charge in [0, 0.05) is 33.0 Å². The van der Waals surface area contributed by atoms with E-state index >= 15 is 0 Å². The monoisotopic (exact) mass is 302 g/mol. The number of aliphatic hydroxyl groups is 1. The highest BCUT2D eigenvalue weighted by atomic mass is 16.3. The van der Waals surface area contributed by atoms with Crippen molar-refractivity contribution in [1.82, 2.24) is 9.80 Å². The third-order valence-corrected chi connectivity index (χ3v) is 4.65. The molecule has 1 fully saturated rings. The molecule has 2 amide bonds. The molecule has 0 radical (unpaired) electrons. The van der Waals surface area contributed by atoms with Gasteiger partial charge in [0.2, 0.25) is 11.8 Å². The van der Waals surface area contributed by atoms with E-state index in [1.54, 1.807) is 9.80 Å². The molecule has 0 saturated carbocycles. The summed E-state index contributed by atoms with van der Waals surface area (Å²) in [7, 11) is 0. The van der Waals surface area contributed by atoms with Gasteiger partial charge in [-0.05, 0) is 24.0 Å². The minimum atomic E-state index is -0.447. The molecule has 0 spiro atoms. The molecule has 1 aromatic carbocycles. The SMILES string of the molecule is CC(=O)N1Cc2ccccc2CC1C(=O)N1CCCC(O)C1. The van der Waals surface area contributed by atoms with Gasteiger partial charge in [0.25, 0.3) is 0 Å². The molecule has 1 N–H and O–H groups in total. The standard InChI is InChI=1S/C17H22N2O3/c1-12(20)19-10-14-6-3-2-5-13(14)9-16(19)17(22)18-8-4-7-15(21)11-18/h2-3,5-6,15-16,21H,4,7-11H2,1H3. The fourth-order valence-corrected chi connectivity index (χ4v) is 3.44. The quantitative estimate of drug-likeness (QED) is 0.840. The predicted molar refractivity (Wildman–Crippen MR) is 82.0 cm³/mol. The van der Waals surface area contributed by atoms with E-state index in [1.165, 1.54) is 6.92 Å². The molecule has 5 heteroatoms. The van der Waals surface area contributed by atoms with Crippen molar-refractivity contribution in [3.8, 4) is 0 Å². The van der Waals surface area contributed by atoms with Crippen LogP contribution in [0.25, 0.3) is 0 Å². The first-order valence-corrected chi connectivity index (χ1v) is 7.87. The number of β-amino-alcohol motifs (C(OH)–C–C–N with tert-alkyl or cyclic N) is 1. The summed E-state index contributed by atoms with van der Waals surface area (Å²) in [6.07, 6.45) is 1.67. The minimum Gasteiger partial charge on any atom is -0.391 e. The van der Waals surface area contributed by atoms with Crippen LogP contribution in [0.1, 0.15) is 30.9 Å². The third kappa shape index (κ3) is 2.86. The minimum absolute atomic E-state index is 0.0385. The van der Waals surface area contributed by atoms with Gasteiger partial charge in [-0.25, -0.2) is 0 Å². The zero-order chi connectivity index (χ0) is 15.7. The number of hydrogen-bond donors (Lipinski definition) is 1. The van der Waals surface area contributed by atoms with Gasteiger partial charge in [0.15, 0.2) is 0 Å². The van der Waals surface area contributed by atoms with Gasteiger partial charge in [-0.2, -0.15) is 0 Å². The van der Waals surface area contributed by atoms with Crippen LogP contribution in [-0.2, 0) is 22.6 Å². The van der Waals surface area contributed by atoms with Crippen molar-refractivity contribution in [3.05, 3.63) is 35.4 Å². The molecule has 2 unspecified atom stereocenters. The van der Waals surface area contributed by atoms with Gasteiger partial charge in [-0.3, -0.25) is 9.59 Å². The molecule has 0 aromatic heterocycles. The molecule has 22 heavy (non-hydrogen) atoms. The van der Waals surface area contributed by atoms with E-state index in [9.17, 15) is 14.7 Å². The number of fused-ring (bicyclic) bond motifs is 1. The Kier molecular flexibility index (Phi) is 4.16. The molecule has 2 heterocycles. The van der Waals surface area contributed by atoms with Crippen molar-refractivity contribution in [3.63, 3.8) is 0 Å².